The fourth-order valence-corrected chi connectivity index (χ4v) is 4.71. The first-order valence-electron chi connectivity index (χ1n) is 9.41. The molecule has 2 aromatic heterocycles. The summed E-state index contributed by atoms with van der Waals surface area (Å²) in [5.74, 6) is 0.138. The largest absolute Gasteiger partial charge is 0.355 e. The Morgan fingerprint density at radius 1 is 1.44 bits per heavy atom. The van der Waals surface area contributed by atoms with E-state index in [-0.39, 0.29) is 30.5 Å². The van der Waals surface area contributed by atoms with Crippen molar-refractivity contribution < 1.29 is 9.59 Å². The summed E-state index contributed by atoms with van der Waals surface area (Å²) in [5, 5.41) is 3.41. The van der Waals surface area contributed by atoms with E-state index in [0.717, 1.165) is 36.1 Å². The van der Waals surface area contributed by atoms with Crippen molar-refractivity contribution in [1.82, 2.24) is 19.8 Å². The van der Waals surface area contributed by atoms with Crippen molar-refractivity contribution >= 4 is 33.4 Å². The molecule has 0 unspecified atom stereocenters. The van der Waals surface area contributed by atoms with Gasteiger partial charge in [0, 0.05) is 18.5 Å². The molecule has 0 aliphatic heterocycles. The highest BCUT2D eigenvalue weighted by atomic mass is 32.1. The smallest absolute Gasteiger partial charge is 0.262 e. The van der Waals surface area contributed by atoms with Crippen LogP contribution in [-0.4, -0.2) is 46.4 Å². The minimum absolute atomic E-state index is 0.0189. The van der Waals surface area contributed by atoms with Crippen LogP contribution in [0.5, 0.6) is 0 Å². The molecule has 1 atom stereocenters. The Balaban J connectivity index is 1.77. The minimum Gasteiger partial charge on any atom is -0.355 e. The number of amides is 2. The van der Waals surface area contributed by atoms with E-state index < -0.39 is 0 Å². The minimum atomic E-state index is -0.289. The SMILES string of the molecule is CCCNC(=O)CN(C)C(=O)Cn1cnc2sc3c(c2c1=O)CC[C@@H](C)C3. The second-order valence-corrected chi connectivity index (χ2v) is 8.39. The lowest BCUT2D eigenvalue weighted by Gasteiger charge is -2.18. The summed E-state index contributed by atoms with van der Waals surface area (Å²) < 4.78 is 1.36. The summed E-state index contributed by atoms with van der Waals surface area (Å²) in [6, 6.07) is 0. The van der Waals surface area contributed by atoms with Crippen molar-refractivity contribution in [2.24, 2.45) is 5.92 Å². The van der Waals surface area contributed by atoms with Crippen molar-refractivity contribution in [3.8, 4) is 0 Å². The highest BCUT2D eigenvalue weighted by molar-refractivity contribution is 7.18. The number of carbonyl (C=O) groups excluding carboxylic acids is 2. The maximum Gasteiger partial charge on any atom is 0.262 e. The van der Waals surface area contributed by atoms with Gasteiger partial charge in [-0.15, -0.1) is 11.3 Å². The van der Waals surface area contributed by atoms with E-state index >= 15 is 0 Å². The van der Waals surface area contributed by atoms with E-state index in [1.807, 2.05) is 6.92 Å². The third-order valence-corrected chi connectivity index (χ3v) is 6.13. The molecule has 27 heavy (non-hydrogen) atoms. The average molecular weight is 391 g/mol. The Hall–Kier alpha value is -2.22. The lowest BCUT2D eigenvalue weighted by Crippen LogP contribution is -2.41. The molecular weight excluding hydrogens is 364 g/mol. The summed E-state index contributed by atoms with van der Waals surface area (Å²) >= 11 is 1.59. The zero-order valence-corrected chi connectivity index (χ0v) is 16.9. The van der Waals surface area contributed by atoms with Crippen LogP contribution in [0.3, 0.4) is 0 Å². The summed E-state index contributed by atoms with van der Waals surface area (Å²) in [4.78, 5) is 44.9. The number of thiophene rings is 1. The number of rotatable bonds is 6. The zero-order chi connectivity index (χ0) is 19.6. The van der Waals surface area contributed by atoms with Crippen LogP contribution in [-0.2, 0) is 29.0 Å². The fraction of sp³-hybridized carbons (Fsp3) is 0.579. The lowest BCUT2D eigenvalue weighted by molar-refractivity contribution is -0.135. The molecule has 8 heteroatoms. The number of fused-ring (bicyclic) bond motifs is 3. The van der Waals surface area contributed by atoms with Gasteiger partial charge in [0.2, 0.25) is 11.8 Å². The first kappa shape index (κ1) is 19.5. The summed E-state index contributed by atoms with van der Waals surface area (Å²) in [5.41, 5.74) is 0.948. The fourth-order valence-electron chi connectivity index (χ4n) is 3.37. The molecule has 2 amide bonds. The number of aromatic nitrogens is 2. The summed E-state index contributed by atoms with van der Waals surface area (Å²) in [6.45, 7) is 4.65. The quantitative estimate of drug-likeness (QED) is 0.811. The molecule has 1 N–H and O–H groups in total. The van der Waals surface area contributed by atoms with E-state index in [4.69, 9.17) is 0 Å². The van der Waals surface area contributed by atoms with Crippen molar-refractivity contribution in [3.63, 3.8) is 0 Å². The van der Waals surface area contributed by atoms with Crippen LogP contribution >= 0.6 is 11.3 Å². The molecule has 2 aromatic rings. The van der Waals surface area contributed by atoms with Crippen LogP contribution in [0.4, 0.5) is 0 Å². The Morgan fingerprint density at radius 2 is 2.22 bits per heavy atom. The van der Waals surface area contributed by atoms with Gasteiger partial charge in [-0.25, -0.2) is 4.98 Å². The van der Waals surface area contributed by atoms with Crippen molar-refractivity contribution in [1.29, 1.82) is 0 Å². The van der Waals surface area contributed by atoms with E-state index in [1.165, 1.54) is 20.7 Å². The second kappa shape index (κ2) is 8.21. The molecular formula is C19H26N4O3S. The Bertz CT molecular complexity index is 918. The molecule has 1 aliphatic rings. The van der Waals surface area contributed by atoms with Crippen LogP contribution in [0.25, 0.3) is 10.2 Å². The molecule has 0 bridgehead atoms. The molecule has 0 saturated heterocycles. The van der Waals surface area contributed by atoms with Crippen LogP contribution in [0.2, 0.25) is 0 Å². The van der Waals surface area contributed by atoms with Crippen LogP contribution in [0.15, 0.2) is 11.1 Å². The number of hydrogen-bond acceptors (Lipinski definition) is 5. The van der Waals surface area contributed by atoms with Crippen molar-refractivity contribution in [3.05, 3.63) is 27.1 Å². The number of carbonyl (C=O) groups is 2. The molecule has 146 valence electrons. The van der Waals surface area contributed by atoms with Gasteiger partial charge in [-0.3, -0.25) is 19.0 Å². The zero-order valence-electron chi connectivity index (χ0n) is 16.1. The number of likely N-dealkylation sites (N-methyl/N-ethyl adjacent to an activating group) is 1. The maximum atomic E-state index is 12.9. The Morgan fingerprint density at radius 3 is 2.96 bits per heavy atom. The normalized spacial score (nSPS) is 16.2. The molecule has 7 nitrogen and oxygen atoms in total. The van der Waals surface area contributed by atoms with Gasteiger partial charge in [0.05, 0.1) is 18.3 Å². The second-order valence-electron chi connectivity index (χ2n) is 7.31. The van der Waals surface area contributed by atoms with Gasteiger partial charge in [-0.1, -0.05) is 13.8 Å². The summed E-state index contributed by atoms with van der Waals surface area (Å²) in [7, 11) is 1.57. The Labute approximate surface area is 162 Å². The molecule has 0 aromatic carbocycles. The van der Waals surface area contributed by atoms with Gasteiger partial charge in [-0.2, -0.15) is 0 Å². The number of aryl methyl sites for hydroxylation is 1. The molecule has 0 saturated carbocycles. The van der Waals surface area contributed by atoms with Gasteiger partial charge in [0.15, 0.2) is 0 Å². The molecule has 0 fully saturated rings. The predicted octanol–water partition coefficient (Wildman–Crippen LogP) is 1.57. The third kappa shape index (κ3) is 4.21. The van der Waals surface area contributed by atoms with Gasteiger partial charge in [0.25, 0.3) is 5.56 Å². The number of nitrogens with zero attached hydrogens (tertiary/aromatic N) is 3. The first-order chi connectivity index (χ1) is 12.9. The highest BCUT2D eigenvalue weighted by Crippen LogP contribution is 2.35. The van der Waals surface area contributed by atoms with E-state index in [0.29, 0.717) is 17.8 Å². The standard InChI is InChI=1S/C19H26N4O3S/c1-4-7-20-15(24)9-22(3)16(25)10-23-11-21-18-17(19(23)26)13-6-5-12(2)8-14(13)27-18/h11-12H,4-10H2,1-3H3,(H,20,24)/t12-/m1/s1. The van der Waals surface area contributed by atoms with Gasteiger partial charge in [-0.05, 0) is 37.2 Å². The van der Waals surface area contributed by atoms with Crippen molar-refractivity contribution in [2.45, 2.75) is 46.1 Å². The lowest BCUT2D eigenvalue weighted by atomic mass is 9.89. The number of nitrogens with one attached hydrogen (secondary N) is 1. The van der Waals surface area contributed by atoms with Crippen LogP contribution in [0, 0.1) is 5.92 Å². The molecule has 0 spiro atoms. The van der Waals surface area contributed by atoms with Crippen LogP contribution in [0.1, 0.15) is 37.1 Å². The van der Waals surface area contributed by atoms with E-state index in [2.05, 4.69) is 17.2 Å². The predicted molar refractivity (Wildman–Crippen MR) is 106 cm³/mol. The van der Waals surface area contributed by atoms with E-state index in [9.17, 15) is 14.4 Å². The third-order valence-electron chi connectivity index (χ3n) is 4.97. The molecule has 3 rings (SSSR count). The van der Waals surface area contributed by atoms with Gasteiger partial charge >= 0.3 is 0 Å². The average Bonchev–Trinajstić information content (AvgIpc) is 3.00. The van der Waals surface area contributed by atoms with Gasteiger partial charge in [0.1, 0.15) is 11.4 Å². The molecule has 2 heterocycles. The van der Waals surface area contributed by atoms with Crippen LogP contribution < -0.4 is 10.9 Å². The summed E-state index contributed by atoms with van der Waals surface area (Å²) in [6.07, 6.45) is 5.24. The Kier molecular flexibility index (Phi) is 5.94. The molecule has 1 aliphatic carbocycles. The maximum absolute atomic E-state index is 12.9. The topological polar surface area (TPSA) is 84.3 Å². The van der Waals surface area contributed by atoms with E-state index in [1.54, 1.807) is 18.4 Å². The monoisotopic (exact) mass is 390 g/mol. The number of hydrogen-bond donors (Lipinski definition) is 1. The highest BCUT2D eigenvalue weighted by Gasteiger charge is 2.23. The van der Waals surface area contributed by atoms with Gasteiger partial charge < -0.3 is 10.2 Å². The van der Waals surface area contributed by atoms with Crippen molar-refractivity contribution in [2.75, 3.05) is 20.1 Å². The molecule has 0 radical (unpaired) electrons. The first-order valence-corrected chi connectivity index (χ1v) is 10.2.